The lowest BCUT2D eigenvalue weighted by atomic mass is 9.95. The average molecular weight is 265 g/mol. The lowest BCUT2D eigenvalue weighted by molar-refractivity contribution is -0.385. The van der Waals surface area contributed by atoms with Crippen LogP contribution in [0.25, 0.3) is 0 Å². The quantitative estimate of drug-likeness (QED) is 0.664. The van der Waals surface area contributed by atoms with Gasteiger partial charge in [0.1, 0.15) is 12.0 Å². The van der Waals surface area contributed by atoms with Crippen LogP contribution in [-0.4, -0.2) is 34.7 Å². The highest BCUT2D eigenvalue weighted by molar-refractivity contribution is 5.48. The zero-order chi connectivity index (χ0) is 13.8. The summed E-state index contributed by atoms with van der Waals surface area (Å²) in [5.41, 5.74) is 0.701. The fourth-order valence-corrected chi connectivity index (χ4v) is 2.59. The van der Waals surface area contributed by atoms with Crippen molar-refractivity contribution in [3.8, 4) is 0 Å². The van der Waals surface area contributed by atoms with Crippen LogP contribution in [0.3, 0.4) is 0 Å². The number of nitrogens with zero attached hydrogens (tertiary/aromatic N) is 3. The number of pyridine rings is 1. The summed E-state index contributed by atoms with van der Waals surface area (Å²) in [6, 6.07) is 1.78. The molecule has 0 aliphatic carbocycles. The Kier molecular flexibility index (Phi) is 4.31. The lowest BCUT2D eigenvalue weighted by Gasteiger charge is -2.33. The summed E-state index contributed by atoms with van der Waals surface area (Å²) >= 11 is 0. The highest BCUT2D eigenvalue weighted by Gasteiger charge is 2.22. The van der Waals surface area contributed by atoms with Crippen molar-refractivity contribution in [3.63, 3.8) is 0 Å². The molecule has 6 heteroatoms. The largest absolute Gasteiger partial charge is 0.396 e. The SMILES string of the molecule is Cc1cc(N2CCCC(CCO)C2)ncc1[N+](=O)[O-]. The van der Waals surface area contributed by atoms with Crippen molar-refractivity contribution in [1.82, 2.24) is 4.98 Å². The molecule has 6 nitrogen and oxygen atoms in total. The second kappa shape index (κ2) is 5.97. The molecule has 104 valence electrons. The summed E-state index contributed by atoms with van der Waals surface area (Å²) in [6.07, 6.45) is 4.34. The summed E-state index contributed by atoms with van der Waals surface area (Å²) in [5.74, 6) is 1.28. The van der Waals surface area contributed by atoms with Crippen LogP contribution in [0.2, 0.25) is 0 Å². The monoisotopic (exact) mass is 265 g/mol. The smallest absolute Gasteiger partial charge is 0.290 e. The zero-order valence-electron chi connectivity index (χ0n) is 11.1. The fraction of sp³-hybridized carbons (Fsp3) is 0.615. The number of hydrogen-bond donors (Lipinski definition) is 1. The average Bonchev–Trinajstić information content (AvgIpc) is 2.39. The maximum Gasteiger partial charge on any atom is 0.290 e. The number of rotatable bonds is 4. The number of nitro groups is 1. The molecule has 0 spiro atoms. The van der Waals surface area contributed by atoms with Gasteiger partial charge in [-0.3, -0.25) is 10.1 Å². The van der Waals surface area contributed by atoms with Crippen molar-refractivity contribution < 1.29 is 10.0 Å². The first-order valence-corrected chi connectivity index (χ1v) is 6.58. The van der Waals surface area contributed by atoms with Crippen LogP contribution in [-0.2, 0) is 0 Å². The second-order valence-electron chi connectivity index (χ2n) is 5.05. The van der Waals surface area contributed by atoms with Gasteiger partial charge in [-0.05, 0) is 38.2 Å². The number of aromatic nitrogens is 1. The zero-order valence-corrected chi connectivity index (χ0v) is 11.1. The third-order valence-corrected chi connectivity index (χ3v) is 3.65. The molecule has 1 saturated heterocycles. The van der Waals surface area contributed by atoms with Crippen LogP contribution >= 0.6 is 0 Å². The molecule has 1 fully saturated rings. The number of aliphatic hydroxyl groups excluding tert-OH is 1. The first-order chi connectivity index (χ1) is 9.11. The van der Waals surface area contributed by atoms with E-state index in [1.807, 2.05) is 0 Å². The van der Waals surface area contributed by atoms with Crippen molar-refractivity contribution in [2.75, 3.05) is 24.6 Å². The Labute approximate surface area is 112 Å². The van der Waals surface area contributed by atoms with E-state index in [0.29, 0.717) is 11.5 Å². The minimum absolute atomic E-state index is 0.0627. The Morgan fingerprint density at radius 2 is 2.42 bits per heavy atom. The van der Waals surface area contributed by atoms with Crippen molar-refractivity contribution in [1.29, 1.82) is 0 Å². The number of anilines is 1. The van der Waals surface area contributed by atoms with Crippen molar-refractivity contribution in [2.45, 2.75) is 26.2 Å². The van der Waals surface area contributed by atoms with Gasteiger partial charge in [-0.2, -0.15) is 0 Å². The van der Waals surface area contributed by atoms with Crippen LogP contribution in [0, 0.1) is 23.0 Å². The number of aryl methyl sites for hydroxylation is 1. The molecule has 0 saturated carbocycles. The van der Waals surface area contributed by atoms with Gasteiger partial charge in [-0.25, -0.2) is 4.98 Å². The molecule has 2 rings (SSSR count). The normalized spacial score (nSPS) is 19.5. The fourth-order valence-electron chi connectivity index (χ4n) is 2.59. The van der Waals surface area contributed by atoms with E-state index in [1.54, 1.807) is 13.0 Å². The van der Waals surface area contributed by atoms with Crippen LogP contribution in [0.15, 0.2) is 12.3 Å². The highest BCUT2D eigenvalue weighted by Crippen LogP contribution is 2.26. The van der Waals surface area contributed by atoms with Crippen LogP contribution in [0.4, 0.5) is 11.5 Å². The summed E-state index contributed by atoms with van der Waals surface area (Å²) < 4.78 is 0. The minimum atomic E-state index is -0.406. The first-order valence-electron chi connectivity index (χ1n) is 6.58. The van der Waals surface area contributed by atoms with E-state index in [9.17, 15) is 10.1 Å². The van der Waals surface area contributed by atoms with Crippen LogP contribution in [0.5, 0.6) is 0 Å². The molecule has 1 atom stereocenters. The van der Waals surface area contributed by atoms with Gasteiger partial charge in [0, 0.05) is 25.3 Å². The lowest BCUT2D eigenvalue weighted by Crippen LogP contribution is -2.36. The molecule has 1 aromatic rings. The molecule has 1 aliphatic rings. The van der Waals surface area contributed by atoms with Gasteiger partial charge in [-0.15, -0.1) is 0 Å². The molecule has 0 aromatic carbocycles. The van der Waals surface area contributed by atoms with E-state index in [0.717, 1.165) is 38.2 Å². The topological polar surface area (TPSA) is 79.5 Å². The Bertz CT molecular complexity index is 462. The molecule has 2 heterocycles. The van der Waals surface area contributed by atoms with E-state index in [-0.39, 0.29) is 12.3 Å². The second-order valence-corrected chi connectivity index (χ2v) is 5.05. The number of piperidine rings is 1. The summed E-state index contributed by atoms with van der Waals surface area (Å²) in [4.78, 5) is 16.7. The standard InChI is InChI=1S/C13H19N3O3/c1-10-7-13(14-8-12(10)16(18)19)15-5-2-3-11(9-15)4-6-17/h7-8,11,17H,2-6,9H2,1H3. The molecule has 1 aromatic heterocycles. The van der Waals surface area contributed by atoms with Gasteiger partial charge in [-0.1, -0.05) is 0 Å². The summed E-state index contributed by atoms with van der Waals surface area (Å²) in [7, 11) is 0. The van der Waals surface area contributed by atoms with Gasteiger partial charge in [0.2, 0.25) is 0 Å². The molecular formula is C13H19N3O3. The first kappa shape index (κ1) is 13.7. The molecule has 0 bridgehead atoms. The highest BCUT2D eigenvalue weighted by atomic mass is 16.6. The number of aliphatic hydroxyl groups is 1. The predicted octanol–water partition coefficient (Wildman–Crippen LogP) is 1.90. The molecule has 0 radical (unpaired) electrons. The Morgan fingerprint density at radius 1 is 1.63 bits per heavy atom. The van der Waals surface area contributed by atoms with Crippen LogP contribution in [0.1, 0.15) is 24.8 Å². The van der Waals surface area contributed by atoms with E-state index in [2.05, 4.69) is 9.88 Å². The Hall–Kier alpha value is -1.69. The van der Waals surface area contributed by atoms with Gasteiger partial charge >= 0.3 is 0 Å². The summed E-state index contributed by atoms with van der Waals surface area (Å²) in [5, 5.41) is 19.8. The summed E-state index contributed by atoms with van der Waals surface area (Å²) in [6.45, 7) is 3.74. The van der Waals surface area contributed by atoms with Gasteiger partial charge in [0.05, 0.1) is 4.92 Å². The maximum absolute atomic E-state index is 10.8. The Morgan fingerprint density at radius 3 is 3.05 bits per heavy atom. The third kappa shape index (κ3) is 3.20. The van der Waals surface area contributed by atoms with Crippen molar-refractivity contribution in [2.24, 2.45) is 5.92 Å². The van der Waals surface area contributed by atoms with Gasteiger partial charge in [0.15, 0.2) is 0 Å². The minimum Gasteiger partial charge on any atom is -0.396 e. The predicted molar refractivity (Wildman–Crippen MR) is 72.3 cm³/mol. The molecular weight excluding hydrogens is 246 g/mol. The van der Waals surface area contributed by atoms with E-state index in [4.69, 9.17) is 5.11 Å². The van der Waals surface area contributed by atoms with E-state index >= 15 is 0 Å². The van der Waals surface area contributed by atoms with Crippen molar-refractivity contribution >= 4 is 11.5 Å². The molecule has 1 unspecified atom stereocenters. The molecule has 1 aliphatic heterocycles. The Balaban J connectivity index is 2.13. The molecule has 0 amide bonds. The van der Waals surface area contributed by atoms with Crippen LogP contribution < -0.4 is 4.90 Å². The van der Waals surface area contributed by atoms with Gasteiger partial charge < -0.3 is 10.0 Å². The van der Waals surface area contributed by atoms with Gasteiger partial charge in [0.25, 0.3) is 5.69 Å². The maximum atomic E-state index is 10.8. The third-order valence-electron chi connectivity index (χ3n) is 3.65. The van der Waals surface area contributed by atoms with Crippen molar-refractivity contribution in [3.05, 3.63) is 27.9 Å². The van der Waals surface area contributed by atoms with E-state index in [1.165, 1.54) is 6.20 Å². The number of hydrogen-bond acceptors (Lipinski definition) is 5. The molecule has 1 N–H and O–H groups in total. The molecule has 19 heavy (non-hydrogen) atoms. The van der Waals surface area contributed by atoms with E-state index < -0.39 is 4.92 Å².